The molecule has 0 atom stereocenters. The molecular formula is C16H15NO2. The van der Waals surface area contributed by atoms with E-state index in [2.05, 4.69) is 18.2 Å². The molecule has 0 saturated heterocycles. The lowest BCUT2D eigenvalue weighted by Crippen LogP contribution is -2.25. The van der Waals surface area contributed by atoms with Gasteiger partial charge < -0.3 is 10.0 Å². The van der Waals surface area contributed by atoms with Gasteiger partial charge in [0.05, 0.1) is 0 Å². The molecule has 1 aliphatic carbocycles. The SMILES string of the molecule is CN(CC(=O)O)c1cccc2c1Cc1ccccc1-2. The summed E-state index contributed by atoms with van der Waals surface area (Å²) in [6.45, 7) is 0.0206. The van der Waals surface area contributed by atoms with E-state index in [0.29, 0.717) is 0 Å². The quantitative estimate of drug-likeness (QED) is 0.780. The van der Waals surface area contributed by atoms with E-state index in [4.69, 9.17) is 5.11 Å². The molecule has 19 heavy (non-hydrogen) atoms. The Kier molecular flexibility index (Phi) is 2.75. The summed E-state index contributed by atoms with van der Waals surface area (Å²) >= 11 is 0. The number of hydrogen-bond donors (Lipinski definition) is 1. The average molecular weight is 253 g/mol. The Labute approximate surface area is 112 Å². The van der Waals surface area contributed by atoms with E-state index in [1.54, 1.807) is 4.90 Å². The highest BCUT2D eigenvalue weighted by molar-refractivity contribution is 5.83. The van der Waals surface area contributed by atoms with E-state index in [1.807, 2.05) is 31.3 Å². The third-order valence-electron chi connectivity index (χ3n) is 3.61. The van der Waals surface area contributed by atoms with E-state index < -0.39 is 5.97 Å². The van der Waals surface area contributed by atoms with Gasteiger partial charge in [-0.2, -0.15) is 0 Å². The van der Waals surface area contributed by atoms with Crippen LogP contribution in [-0.4, -0.2) is 24.7 Å². The number of carboxylic acid groups (broad SMARTS) is 1. The van der Waals surface area contributed by atoms with E-state index >= 15 is 0 Å². The number of hydrogen-bond acceptors (Lipinski definition) is 2. The number of anilines is 1. The average Bonchev–Trinajstić information content (AvgIpc) is 2.76. The van der Waals surface area contributed by atoms with Gasteiger partial charge in [-0.15, -0.1) is 0 Å². The summed E-state index contributed by atoms with van der Waals surface area (Å²) in [5.41, 5.74) is 6.05. The number of aliphatic carboxylic acids is 1. The third-order valence-corrected chi connectivity index (χ3v) is 3.61. The summed E-state index contributed by atoms with van der Waals surface area (Å²) in [7, 11) is 1.83. The van der Waals surface area contributed by atoms with E-state index in [9.17, 15) is 4.79 Å². The summed E-state index contributed by atoms with van der Waals surface area (Å²) in [5, 5.41) is 8.93. The minimum absolute atomic E-state index is 0.0206. The molecule has 0 heterocycles. The van der Waals surface area contributed by atoms with Crippen LogP contribution in [0.5, 0.6) is 0 Å². The normalized spacial score (nSPS) is 11.8. The number of benzene rings is 2. The molecule has 0 saturated carbocycles. The lowest BCUT2D eigenvalue weighted by molar-refractivity contribution is -0.135. The van der Waals surface area contributed by atoms with Gasteiger partial charge in [-0.05, 0) is 28.3 Å². The second-order valence-electron chi connectivity index (χ2n) is 4.89. The first-order chi connectivity index (χ1) is 9.16. The second-order valence-corrected chi connectivity index (χ2v) is 4.89. The van der Waals surface area contributed by atoms with E-state index in [-0.39, 0.29) is 6.54 Å². The topological polar surface area (TPSA) is 40.5 Å². The molecule has 96 valence electrons. The predicted molar refractivity (Wildman–Crippen MR) is 75.6 cm³/mol. The highest BCUT2D eigenvalue weighted by Gasteiger charge is 2.22. The van der Waals surface area contributed by atoms with Gasteiger partial charge in [0.15, 0.2) is 0 Å². The first kappa shape index (κ1) is 11.8. The number of carbonyl (C=O) groups is 1. The summed E-state index contributed by atoms with van der Waals surface area (Å²) in [6.07, 6.45) is 0.881. The van der Waals surface area contributed by atoms with Crippen molar-refractivity contribution in [3.05, 3.63) is 53.6 Å². The lowest BCUT2D eigenvalue weighted by Gasteiger charge is -2.20. The van der Waals surface area contributed by atoms with Crippen molar-refractivity contribution >= 4 is 11.7 Å². The van der Waals surface area contributed by atoms with Crippen LogP contribution in [-0.2, 0) is 11.2 Å². The number of likely N-dealkylation sites (N-methyl/N-ethyl adjacent to an activating group) is 1. The first-order valence-electron chi connectivity index (χ1n) is 6.30. The molecular weight excluding hydrogens is 238 g/mol. The minimum Gasteiger partial charge on any atom is -0.480 e. The van der Waals surface area contributed by atoms with Gasteiger partial charge in [0.25, 0.3) is 0 Å². The van der Waals surface area contributed by atoms with Gasteiger partial charge in [-0.3, -0.25) is 4.79 Å². The van der Waals surface area contributed by atoms with Crippen LogP contribution < -0.4 is 4.90 Å². The zero-order chi connectivity index (χ0) is 13.4. The largest absolute Gasteiger partial charge is 0.480 e. The van der Waals surface area contributed by atoms with Gasteiger partial charge >= 0.3 is 5.97 Å². The second kappa shape index (κ2) is 4.43. The van der Waals surface area contributed by atoms with Crippen molar-refractivity contribution in [1.29, 1.82) is 0 Å². The molecule has 0 amide bonds. The molecule has 0 aromatic heterocycles. The Morgan fingerprint density at radius 1 is 1.16 bits per heavy atom. The third kappa shape index (κ3) is 1.97. The van der Waals surface area contributed by atoms with Crippen LogP contribution in [0.4, 0.5) is 5.69 Å². The van der Waals surface area contributed by atoms with Crippen molar-refractivity contribution in [1.82, 2.24) is 0 Å². The minimum atomic E-state index is -0.810. The maximum absolute atomic E-state index is 10.9. The highest BCUT2D eigenvalue weighted by atomic mass is 16.4. The molecule has 3 heteroatoms. The number of carboxylic acids is 1. The van der Waals surface area contributed by atoms with Crippen molar-refractivity contribution in [2.75, 3.05) is 18.5 Å². The first-order valence-corrected chi connectivity index (χ1v) is 6.30. The van der Waals surface area contributed by atoms with Gasteiger partial charge in [0, 0.05) is 19.2 Å². The van der Waals surface area contributed by atoms with Crippen LogP contribution in [0.2, 0.25) is 0 Å². The smallest absolute Gasteiger partial charge is 0.323 e. The predicted octanol–water partition coefficient (Wildman–Crippen LogP) is 2.78. The maximum atomic E-state index is 10.9. The molecule has 0 fully saturated rings. The molecule has 2 aromatic rings. The monoisotopic (exact) mass is 253 g/mol. The molecule has 0 unspecified atom stereocenters. The molecule has 0 bridgehead atoms. The lowest BCUT2D eigenvalue weighted by atomic mass is 10.0. The summed E-state index contributed by atoms with van der Waals surface area (Å²) < 4.78 is 0. The fourth-order valence-electron chi connectivity index (χ4n) is 2.79. The summed E-state index contributed by atoms with van der Waals surface area (Å²) in [5.74, 6) is -0.810. The molecule has 0 radical (unpaired) electrons. The van der Waals surface area contributed by atoms with Gasteiger partial charge in [-0.25, -0.2) is 0 Å². The van der Waals surface area contributed by atoms with Crippen LogP contribution in [0.15, 0.2) is 42.5 Å². The number of nitrogens with zero attached hydrogens (tertiary/aromatic N) is 1. The maximum Gasteiger partial charge on any atom is 0.323 e. The zero-order valence-electron chi connectivity index (χ0n) is 10.8. The standard InChI is InChI=1S/C16H15NO2/c1-17(10-16(18)19)15-8-4-7-13-12-6-3-2-5-11(12)9-14(13)15/h2-8H,9-10H2,1H3,(H,18,19). The Morgan fingerprint density at radius 2 is 1.89 bits per heavy atom. The fourth-order valence-corrected chi connectivity index (χ4v) is 2.79. The van der Waals surface area contributed by atoms with Crippen molar-refractivity contribution in [3.8, 4) is 11.1 Å². The Morgan fingerprint density at radius 3 is 2.68 bits per heavy atom. The Bertz CT molecular complexity index is 649. The van der Waals surface area contributed by atoms with Crippen molar-refractivity contribution in [3.63, 3.8) is 0 Å². The molecule has 1 aliphatic rings. The van der Waals surface area contributed by atoms with Crippen LogP contribution in [0.25, 0.3) is 11.1 Å². The summed E-state index contributed by atoms with van der Waals surface area (Å²) in [6, 6.07) is 14.5. The van der Waals surface area contributed by atoms with E-state index in [1.165, 1.54) is 22.3 Å². The van der Waals surface area contributed by atoms with Gasteiger partial charge in [-0.1, -0.05) is 36.4 Å². The van der Waals surface area contributed by atoms with Crippen LogP contribution >= 0.6 is 0 Å². The molecule has 0 aliphatic heterocycles. The Hall–Kier alpha value is -2.29. The van der Waals surface area contributed by atoms with Crippen LogP contribution in [0.3, 0.4) is 0 Å². The van der Waals surface area contributed by atoms with Gasteiger partial charge in [0.2, 0.25) is 0 Å². The van der Waals surface area contributed by atoms with E-state index in [0.717, 1.165) is 12.1 Å². The fraction of sp³-hybridized carbons (Fsp3) is 0.188. The molecule has 3 rings (SSSR count). The van der Waals surface area contributed by atoms with Crippen molar-refractivity contribution in [2.45, 2.75) is 6.42 Å². The molecule has 0 spiro atoms. The molecule has 3 nitrogen and oxygen atoms in total. The number of rotatable bonds is 3. The van der Waals surface area contributed by atoms with Crippen molar-refractivity contribution < 1.29 is 9.90 Å². The zero-order valence-corrected chi connectivity index (χ0v) is 10.8. The molecule has 1 N–H and O–H groups in total. The van der Waals surface area contributed by atoms with Crippen LogP contribution in [0.1, 0.15) is 11.1 Å². The van der Waals surface area contributed by atoms with Crippen LogP contribution in [0, 0.1) is 0 Å². The summed E-state index contributed by atoms with van der Waals surface area (Å²) in [4.78, 5) is 12.7. The van der Waals surface area contributed by atoms with Gasteiger partial charge in [0.1, 0.15) is 6.54 Å². The highest BCUT2D eigenvalue weighted by Crippen LogP contribution is 2.40. The van der Waals surface area contributed by atoms with Crippen molar-refractivity contribution in [2.24, 2.45) is 0 Å². The Balaban J connectivity index is 2.06. The molecule has 2 aromatic carbocycles. The number of fused-ring (bicyclic) bond motifs is 3.